The Hall–Kier alpha value is -2.99. The van der Waals surface area contributed by atoms with Gasteiger partial charge in [0.2, 0.25) is 5.88 Å². The summed E-state index contributed by atoms with van der Waals surface area (Å²) in [6.45, 7) is -0.0150. The van der Waals surface area contributed by atoms with Gasteiger partial charge >= 0.3 is 0 Å². The maximum absolute atomic E-state index is 14.1. The Morgan fingerprint density at radius 3 is 2.92 bits per heavy atom. The summed E-state index contributed by atoms with van der Waals surface area (Å²) in [6, 6.07) is 1.93. The maximum atomic E-state index is 14.1. The van der Waals surface area contributed by atoms with E-state index in [2.05, 4.69) is 16.0 Å². The lowest BCUT2D eigenvalue weighted by Crippen LogP contribution is -2.17. The Bertz CT molecular complexity index is 1090. The maximum Gasteiger partial charge on any atom is 0.286 e. The third kappa shape index (κ3) is 3.04. The van der Waals surface area contributed by atoms with Crippen LogP contribution < -0.4 is 9.54 Å². The van der Waals surface area contributed by atoms with E-state index in [1.54, 1.807) is 7.05 Å². The van der Waals surface area contributed by atoms with Gasteiger partial charge in [0, 0.05) is 19.3 Å². The minimum atomic E-state index is -0.769. The molecule has 9 heteroatoms. The van der Waals surface area contributed by atoms with E-state index < -0.39 is 17.5 Å². The number of methoxy groups -OCH3 is 1. The molecular formula is C16H12F2N4O2S. The first-order valence-electron chi connectivity index (χ1n) is 7.03. The van der Waals surface area contributed by atoms with Crippen molar-refractivity contribution in [2.45, 2.75) is 6.54 Å². The molecule has 0 unspecified atom stereocenters. The van der Waals surface area contributed by atoms with Crippen LogP contribution in [0.3, 0.4) is 0 Å². The molecule has 0 aliphatic carbocycles. The zero-order valence-electron chi connectivity index (χ0n) is 13.3. The summed E-state index contributed by atoms with van der Waals surface area (Å²) in [5.74, 6) is 0.396. The Morgan fingerprint density at radius 2 is 2.24 bits per heavy atom. The molecule has 0 radical (unpaired) electrons. The molecule has 0 aliphatic heterocycles. The monoisotopic (exact) mass is 362 g/mol. The molecule has 0 N–H and O–H groups in total. The number of aryl methyl sites for hydroxylation is 1. The molecule has 0 saturated carbocycles. The Balaban J connectivity index is 2.22. The topological polar surface area (TPSA) is 61.4 Å². The first-order chi connectivity index (χ1) is 11.9. The van der Waals surface area contributed by atoms with Crippen molar-refractivity contribution in [3.63, 3.8) is 0 Å². The highest BCUT2D eigenvalue weighted by atomic mass is 32.1. The molecule has 3 aromatic rings. The predicted molar refractivity (Wildman–Crippen MR) is 88.2 cm³/mol. The van der Waals surface area contributed by atoms with Crippen LogP contribution in [0.2, 0.25) is 0 Å². The number of carbonyl (C=O) groups excluding carboxylic acids is 1. The Kier molecular flexibility index (Phi) is 4.37. The summed E-state index contributed by atoms with van der Waals surface area (Å²) in [4.78, 5) is 16.6. The fourth-order valence-corrected chi connectivity index (χ4v) is 3.43. The lowest BCUT2D eigenvalue weighted by Gasteiger charge is -2.01. The van der Waals surface area contributed by atoms with Crippen molar-refractivity contribution in [3.05, 3.63) is 40.3 Å². The summed E-state index contributed by atoms with van der Waals surface area (Å²) >= 11 is 0.967. The summed E-state index contributed by atoms with van der Waals surface area (Å²) in [5.41, 5.74) is 0.260. The number of nitrogens with zero attached hydrogens (tertiary/aromatic N) is 4. The zero-order chi connectivity index (χ0) is 18.1. The molecule has 1 amide bonds. The van der Waals surface area contributed by atoms with Crippen molar-refractivity contribution < 1.29 is 18.3 Å². The van der Waals surface area contributed by atoms with Crippen molar-refractivity contribution in [1.29, 1.82) is 0 Å². The Labute approximate surface area is 145 Å². The van der Waals surface area contributed by atoms with E-state index >= 15 is 0 Å². The number of rotatable bonds is 3. The van der Waals surface area contributed by atoms with E-state index in [1.165, 1.54) is 28.6 Å². The first-order valence-corrected chi connectivity index (χ1v) is 7.84. The number of benzene rings is 1. The fraction of sp³-hybridized carbons (Fsp3) is 0.188. The van der Waals surface area contributed by atoms with Gasteiger partial charge in [-0.2, -0.15) is 4.99 Å². The van der Waals surface area contributed by atoms with Gasteiger partial charge in [0.1, 0.15) is 11.4 Å². The third-order valence-corrected chi connectivity index (χ3v) is 4.39. The second-order valence-electron chi connectivity index (χ2n) is 5.05. The van der Waals surface area contributed by atoms with Crippen LogP contribution >= 0.6 is 11.3 Å². The number of fused-ring (bicyclic) bond motifs is 1. The van der Waals surface area contributed by atoms with Crippen molar-refractivity contribution in [2.24, 2.45) is 12.0 Å². The molecule has 0 spiro atoms. The predicted octanol–water partition coefficient (Wildman–Crippen LogP) is 2.10. The lowest BCUT2D eigenvalue weighted by molar-refractivity contribution is 0.0995. The normalized spacial score (nSPS) is 11.7. The molecule has 3 rings (SSSR count). The van der Waals surface area contributed by atoms with Crippen LogP contribution in [0.5, 0.6) is 5.88 Å². The molecule has 0 fully saturated rings. The van der Waals surface area contributed by atoms with E-state index in [4.69, 9.17) is 11.2 Å². The molecule has 1 aromatic carbocycles. The first kappa shape index (κ1) is 16.9. The molecule has 0 saturated heterocycles. The van der Waals surface area contributed by atoms with Crippen LogP contribution in [0.1, 0.15) is 10.4 Å². The van der Waals surface area contributed by atoms with E-state index in [-0.39, 0.29) is 28.3 Å². The van der Waals surface area contributed by atoms with Gasteiger partial charge in [-0.05, 0) is 6.07 Å². The number of hydrogen-bond donors (Lipinski definition) is 0. The highest BCUT2D eigenvalue weighted by molar-refractivity contribution is 7.16. The van der Waals surface area contributed by atoms with Crippen molar-refractivity contribution >= 4 is 27.5 Å². The van der Waals surface area contributed by atoms with Crippen molar-refractivity contribution in [3.8, 4) is 18.2 Å². The molecular weight excluding hydrogens is 350 g/mol. The molecule has 128 valence electrons. The molecule has 25 heavy (non-hydrogen) atoms. The second kappa shape index (κ2) is 6.49. The largest absolute Gasteiger partial charge is 0.479 e. The number of thiazole rings is 1. The minimum Gasteiger partial charge on any atom is -0.479 e. The lowest BCUT2D eigenvalue weighted by atomic mass is 10.3. The van der Waals surface area contributed by atoms with Crippen LogP contribution in [-0.2, 0) is 13.6 Å². The number of terminal acetylenes is 1. The summed E-state index contributed by atoms with van der Waals surface area (Å²) in [7, 11) is 3.02. The van der Waals surface area contributed by atoms with Gasteiger partial charge in [-0.15, -0.1) is 11.5 Å². The number of carbonyl (C=O) groups is 1. The van der Waals surface area contributed by atoms with Crippen molar-refractivity contribution in [2.75, 3.05) is 7.11 Å². The number of aromatic nitrogens is 3. The third-order valence-electron chi connectivity index (χ3n) is 3.36. The van der Waals surface area contributed by atoms with E-state index in [9.17, 15) is 13.6 Å². The molecule has 0 aliphatic rings. The highest BCUT2D eigenvalue weighted by Gasteiger charge is 2.18. The van der Waals surface area contributed by atoms with Gasteiger partial charge in [-0.25, -0.2) is 8.78 Å². The molecule has 0 bridgehead atoms. The van der Waals surface area contributed by atoms with E-state index in [0.29, 0.717) is 4.70 Å². The number of amides is 1. The Morgan fingerprint density at radius 1 is 1.48 bits per heavy atom. The smallest absolute Gasteiger partial charge is 0.286 e. The standard InChI is InChI=1S/C16H12F2N4O2S/c1-4-5-22-13-11(18)6-9(17)7-12(13)25-16(22)19-14(23)10-8-21(2)20-15(10)24-3/h1,6-8H,5H2,2-3H3. The van der Waals surface area contributed by atoms with Gasteiger partial charge in [0.05, 0.1) is 23.9 Å². The van der Waals surface area contributed by atoms with Crippen LogP contribution in [0.25, 0.3) is 10.2 Å². The zero-order valence-corrected chi connectivity index (χ0v) is 14.1. The molecule has 2 aromatic heterocycles. The van der Waals surface area contributed by atoms with Gasteiger partial charge in [-0.1, -0.05) is 17.3 Å². The number of halogens is 2. The van der Waals surface area contributed by atoms with Gasteiger partial charge in [0.15, 0.2) is 10.6 Å². The molecule has 6 nitrogen and oxygen atoms in total. The fourth-order valence-electron chi connectivity index (χ4n) is 2.36. The van der Waals surface area contributed by atoms with Crippen LogP contribution in [-0.4, -0.2) is 27.4 Å². The summed E-state index contributed by atoms with van der Waals surface area (Å²) in [5, 5.41) is 3.99. The van der Waals surface area contributed by atoms with Gasteiger partial charge in [-0.3, -0.25) is 9.48 Å². The van der Waals surface area contributed by atoms with Crippen LogP contribution in [0.4, 0.5) is 8.78 Å². The SMILES string of the molecule is C#CCn1c(=NC(=O)c2cn(C)nc2OC)sc2cc(F)cc(F)c21. The summed E-state index contributed by atoms with van der Waals surface area (Å²) in [6.07, 6.45) is 6.79. The van der Waals surface area contributed by atoms with E-state index in [1.807, 2.05) is 0 Å². The molecule has 0 atom stereocenters. The molecule has 2 heterocycles. The second-order valence-corrected chi connectivity index (χ2v) is 6.06. The minimum absolute atomic E-state index is 0.0150. The van der Waals surface area contributed by atoms with Gasteiger partial charge in [0.25, 0.3) is 5.91 Å². The van der Waals surface area contributed by atoms with Gasteiger partial charge < -0.3 is 9.30 Å². The quantitative estimate of drug-likeness (QED) is 0.671. The number of hydrogen-bond acceptors (Lipinski definition) is 4. The summed E-state index contributed by atoms with van der Waals surface area (Å²) < 4.78 is 35.7. The van der Waals surface area contributed by atoms with Crippen molar-refractivity contribution in [1.82, 2.24) is 14.3 Å². The average molecular weight is 362 g/mol. The average Bonchev–Trinajstić information content (AvgIpc) is 3.08. The van der Waals surface area contributed by atoms with E-state index in [0.717, 1.165) is 17.4 Å². The van der Waals surface area contributed by atoms with Crippen LogP contribution in [0, 0.1) is 24.0 Å². The highest BCUT2D eigenvalue weighted by Crippen LogP contribution is 2.22. The number of ether oxygens (including phenoxy) is 1. The van der Waals surface area contributed by atoms with Crippen LogP contribution in [0.15, 0.2) is 23.3 Å².